The van der Waals surface area contributed by atoms with Crippen LogP contribution in [0.3, 0.4) is 0 Å². The van der Waals surface area contributed by atoms with Crippen LogP contribution in [0.4, 0.5) is 0 Å². The Labute approximate surface area is 121 Å². The molecule has 0 aromatic heterocycles. The molecule has 0 aliphatic carbocycles. The van der Waals surface area contributed by atoms with Gasteiger partial charge in [0, 0.05) is 13.2 Å². The maximum Gasteiger partial charge on any atom is 0.172 e. The Morgan fingerprint density at radius 3 is 2.65 bits per heavy atom. The van der Waals surface area contributed by atoms with E-state index < -0.39 is 0 Å². The second-order valence-corrected chi connectivity index (χ2v) is 4.99. The van der Waals surface area contributed by atoms with Gasteiger partial charge in [0.15, 0.2) is 6.29 Å². The number of fused-ring (bicyclic) bond motifs is 1. The van der Waals surface area contributed by atoms with Crippen LogP contribution in [0, 0.1) is 0 Å². The van der Waals surface area contributed by atoms with E-state index in [2.05, 4.69) is 24.3 Å². The predicted octanol–water partition coefficient (Wildman–Crippen LogP) is 2.42. The molecule has 2 N–H and O–H groups in total. The van der Waals surface area contributed by atoms with Crippen molar-refractivity contribution in [2.75, 3.05) is 19.8 Å². The lowest BCUT2D eigenvalue weighted by molar-refractivity contribution is -0.154. The fraction of sp³-hybridized carbons (Fsp3) is 0.625. The van der Waals surface area contributed by atoms with Crippen LogP contribution in [-0.4, -0.2) is 32.2 Å². The first-order valence-corrected chi connectivity index (χ1v) is 7.44. The molecule has 0 saturated heterocycles. The third-order valence-corrected chi connectivity index (χ3v) is 3.59. The van der Waals surface area contributed by atoms with Gasteiger partial charge in [-0.2, -0.15) is 0 Å². The van der Waals surface area contributed by atoms with E-state index in [0.717, 1.165) is 13.0 Å². The number of hydrogen-bond acceptors (Lipinski definition) is 4. The zero-order valence-electron chi connectivity index (χ0n) is 12.4. The number of hydrogen-bond donors (Lipinski definition) is 1. The zero-order valence-corrected chi connectivity index (χ0v) is 12.4. The van der Waals surface area contributed by atoms with Crippen LogP contribution in [0.1, 0.15) is 37.5 Å². The summed E-state index contributed by atoms with van der Waals surface area (Å²) in [4.78, 5) is 0. The van der Waals surface area contributed by atoms with Crippen molar-refractivity contribution < 1.29 is 14.2 Å². The Morgan fingerprint density at radius 2 is 1.95 bits per heavy atom. The monoisotopic (exact) mass is 279 g/mol. The lowest BCUT2D eigenvalue weighted by atomic mass is 9.93. The molecule has 1 aliphatic heterocycles. The maximum atomic E-state index is 6.25. The molecule has 4 heteroatoms. The summed E-state index contributed by atoms with van der Waals surface area (Å²) in [7, 11) is 0. The molecule has 2 unspecified atom stereocenters. The largest absolute Gasteiger partial charge is 0.373 e. The van der Waals surface area contributed by atoms with Crippen molar-refractivity contribution in [3.8, 4) is 0 Å². The minimum atomic E-state index is -0.359. The van der Waals surface area contributed by atoms with E-state index in [4.69, 9.17) is 19.9 Å². The Hall–Kier alpha value is -0.940. The summed E-state index contributed by atoms with van der Waals surface area (Å²) in [5.74, 6) is 0. The highest BCUT2D eigenvalue weighted by molar-refractivity contribution is 5.31. The fourth-order valence-corrected chi connectivity index (χ4v) is 2.65. The molecular weight excluding hydrogens is 254 g/mol. The van der Waals surface area contributed by atoms with Gasteiger partial charge in [0.05, 0.1) is 18.8 Å². The van der Waals surface area contributed by atoms with Crippen LogP contribution in [0.25, 0.3) is 0 Å². The fourth-order valence-electron chi connectivity index (χ4n) is 2.65. The molecule has 1 heterocycles. The average molecular weight is 279 g/mol. The second kappa shape index (κ2) is 7.74. The van der Waals surface area contributed by atoms with Crippen LogP contribution in [0.2, 0.25) is 0 Å². The maximum absolute atomic E-state index is 6.25. The Morgan fingerprint density at radius 1 is 1.25 bits per heavy atom. The van der Waals surface area contributed by atoms with Gasteiger partial charge >= 0.3 is 0 Å². The molecule has 0 radical (unpaired) electrons. The Bertz CT molecular complexity index is 404. The molecule has 112 valence electrons. The van der Waals surface area contributed by atoms with Crippen LogP contribution in [0.5, 0.6) is 0 Å². The third kappa shape index (κ3) is 3.79. The molecule has 0 spiro atoms. The molecule has 0 fully saturated rings. The summed E-state index contributed by atoms with van der Waals surface area (Å²) in [6, 6.07) is 8.23. The van der Waals surface area contributed by atoms with E-state index in [1.165, 1.54) is 11.1 Å². The van der Waals surface area contributed by atoms with Crippen molar-refractivity contribution in [2.24, 2.45) is 5.73 Å². The summed E-state index contributed by atoms with van der Waals surface area (Å²) in [5, 5.41) is 0. The number of rotatable bonds is 7. The van der Waals surface area contributed by atoms with Crippen molar-refractivity contribution in [2.45, 2.75) is 45.1 Å². The second-order valence-electron chi connectivity index (χ2n) is 4.99. The predicted molar refractivity (Wildman–Crippen MR) is 78.5 cm³/mol. The summed E-state index contributed by atoms with van der Waals surface area (Å²) >= 11 is 0. The number of nitrogens with two attached hydrogens (primary N) is 1. The zero-order chi connectivity index (χ0) is 14.4. The van der Waals surface area contributed by atoms with E-state index >= 15 is 0 Å². The van der Waals surface area contributed by atoms with Gasteiger partial charge in [-0.3, -0.25) is 0 Å². The molecule has 0 bridgehead atoms. The first-order valence-electron chi connectivity index (χ1n) is 7.44. The van der Waals surface area contributed by atoms with Gasteiger partial charge in [-0.1, -0.05) is 24.3 Å². The van der Waals surface area contributed by atoms with Gasteiger partial charge < -0.3 is 19.9 Å². The van der Waals surface area contributed by atoms with Crippen molar-refractivity contribution in [1.82, 2.24) is 0 Å². The normalized spacial score (nSPS) is 19.9. The van der Waals surface area contributed by atoms with Crippen molar-refractivity contribution in [3.05, 3.63) is 35.4 Å². The number of ether oxygens (including phenoxy) is 3. The molecule has 0 amide bonds. The van der Waals surface area contributed by atoms with Crippen LogP contribution in [0.15, 0.2) is 24.3 Å². The molecule has 2 atom stereocenters. The molecule has 1 aliphatic rings. The van der Waals surface area contributed by atoms with Gasteiger partial charge in [0.25, 0.3) is 0 Å². The van der Waals surface area contributed by atoms with Crippen LogP contribution >= 0.6 is 0 Å². The average Bonchev–Trinajstić information content (AvgIpc) is 2.47. The highest BCUT2D eigenvalue weighted by Gasteiger charge is 2.27. The smallest absolute Gasteiger partial charge is 0.172 e. The quantitative estimate of drug-likeness (QED) is 0.779. The standard InChI is InChI=1S/C16H25NO3/c1-3-18-16(19-4-2)14(17)11-15-13-8-6-5-7-12(13)9-10-20-15/h5-8,14-16H,3-4,9-11,17H2,1-2H3. The lowest BCUT2D eigenvalue weighted by Crippen LogP contribution is -2.41. The first kappa shape index (κ1) is 15.4. The minimum Gasteiger partial charge on any atom is -0.373 e. The molecule has 2 rings (SSSR count). The van der Waals surface area contributed by atoms with E-state index in [-0.39, 0.29) is 18.4 Å². The summed E-state index contributed by atoms with van der Waals surface area (Å²) in [6.07, 6.45) is 1.37. The Balaban J connectivity index is 2.02. The van der Waals surface area contributed by atoms with Crippen LogP contribution < -0.4 is 5.73 Å². The van der Waals surface area contributed by atoms with E-state index in [9.17, 15) is 0 Å². The third-order valence-electron chi connectivity index (χ3n) is 3.59. The van der Waals surface area contributed by atoms with E-state index in [0.29, 0.717) is 19.6 Å². The summed E-state index contributed by atoms with van der Waals surface area (Å²) in [5.41, 5.74) is 8.86. The highest BCUT2D eigenvalue weighted by Crippen LogP contribution is 2.30. The molecule has 1 aromatic rings. The van der Waals surface area contributed by atoms with Gasteiger partial charge in [0.2, 0.25) is 0 Å². The van der Waals surface area contributed by atoms with E-state index in [1.54, 1.807) is 0 Å². The SMILES string of the molecule is CCOC(OCC)C(N)CC1OCCc2ccccc21. The molecule has 4 nitrogen and oxygen atoms in total. The topological polar surface area (TPSA) is 53.7 Å². The highest BCUT2D eigenvalue weighted by atomic mass is 16.7. The van der Waals surface area contributed by atoms with Gasteiger partial charge in [-0.05, 0) is 37.8 Å². The van der Waals surface area contributed by atoms with Crippen molar-refractivity contribution in [3.63, 3.8) is 0 Å². The van der Waals surface area contributed by atoms with Gasteiger partial charge in [0.1, 0.15) is 0 Å². The van der Waals surface area contributed by atoms with Crippen LogP contribution in [-0.2, 0) is 20.6 Å². The van der Waals surface area contributed by atoms with Gasteiger partial charge in [-0.15, -0.1) is 0 Å². The summed E-state index contributed by atoms with van der Waals surface area (Å²) in [6.45, 7) is 5.85. The lowest BCUT2D eigenvalue weighted by Gasteiger charge is -2.30. The molecule has 1 aromatic carbocycles. The molecular formula is C16H25NO3. The van der Waals surface area contributed by atoms with Crippen molar-refractivity contribution >= 4 is 0 Å². The van der Waals surface area contributed by atoms with Crippen molar-refractivity contribution in [1.29, 1.82) is 0 Å². The van der Waals surface area contributed by atoms with E-state index in [1.807, 2.05) is 13.8 Å². The molecule has 20 heavy (non-hydrogen) atoms. The summed E-state index contributed by atoms with van der Waals surface area (Å²) < 4.78 is 17.0. The Kier molecular flexibility index (Phi) is 5.98. The minimum absolute atomic E-state index is 0.0402. The first-order chi connectivity index (χ1) is 9.76. The number of benzene rings is 1. The molecule has 0 saturated carbocycles. The van der Waals surface area contributed by atoms with Gasteiger partial charge in [-0.25, -0.2) is 0 Å².